The Kier molecular flexibility index (Phi) is 3.16. The smallest absolute Gasteiger partial charge is 0.0600 e. The van der Waals surface area contributed by atoms with Crippen LogP contribution in [0.25, 0.3) is 0 Å². The number of methoxy groups -OCH3 is 1. The molecule has 1 saturated heterocycles. The van der Waals surface area contributed by atoms with Gasteiger partial charge in [-0.15, -0.1) is 0 Å². The molecule has 1 heterocycles. The Morgan fingerprint density at radius 3 is 2.80 bits per heavy atom. The fourth-order valence-corrected chi connectivity index (χ4v) is 1.27. The van der Waals surface area contributed by atoms with Crippen LogP contribution in [-0.2, 0) is 9.47 Å². The Morgan fingerprint density at radius 2 is 2.40 bits per heavy atom. The van der Waals surface area contributed by atoms with Gasteiger partial charge < -0.3 is 9.47 Å². The van der Waals surface area contributed by atoms with E-state index in [0.29, 0.717) is 12.0 Å². The van der Waals surface area contributed by atoms with Crippen LogP contribution in [0.2, 0.25) is 0 Å². The first-order valence-corrected chi connectivity index (χ1v) is 3.93. The molecule has 1 aliphatic heterocycles. The third-order valence-corrected chi connectivity index (χ3v) is 1.91. The molecule has 2 unspecified atom stereocenters. The summed E-state index contributed by atoms with van der Waals surface area (Å²) in [7, 11) is 1.75. The van der Waals surface area contributed by atoms with Gasteiger partial charge in [0.25, 0.3) is 0 Å². The number of hydrogen-bond donors (Lipinski definition) is 0. The highest BCUT2D eigenvalue weighted by Gasteiger charge is 2.20. The summed E-state index contributed by atoms with van der Waals surface area (Å²) in [4.78, 5) is 0. The van der Waals surface area contributed by atoms with Gasteiger partial charge in [0.1, 0.15) is 0 Å². The molecule has 0 bridgehead atoms. The molecule has 0 aliphatic carbocycles. The minimum atomic E-state index is 0.533. The van der Waals surface area contributed by atoms with Crippen molar-refractivity contribution in [3.8, 4) is 0 Å². The van der Waals surface area contributed by atoms with Gasteiger partial charge in [-0.2, -0.15) is 0 Å². The molecule has 1 aliphatic rings. The molecule has 2 heteroatoms. The highest BCUT2D eigenvalue weighted by Crippen LogP contribution is 2.19. The topological polar surface area (TPSA) is 18.5 Å². The summed E-state index contributed by atoms with van der Waals surface area (Å²) in [5.74, 6) is 0.648. The largest absolute Gasteiger partial charge is 0.384 e. The molecule has 2 nitrogen and oxygen atoms in total. The lowest BCUT2D eigenvalue weighted by atomic mass is 10.0. The minimum absolute atomic E-state index is 0.533. The van der Waals surface area contributed by atoms with E-state index in [-0.39, 0.29) is 0 Å². The van der Waals surface area contributed by atoms with Crippen molar-refractivity contribution in [1.82, 2.24) is 0 Å². The van der Waals surface area contributed by atoms with E-state index in [1.54, 1.807) is 7.11 Å². The summed E-state index contributed by atoms with van der Waals surface area (Å²) in [5, 5.41) is 0. The average molecular weight is 144 g/mol. The van der Waals surface area contributed by atoms with Crippen LogP contribution in [0, 0.1) is 5.92 Å². The van der Waals surface area contributed by atoms with Crippen molar-refractivity contribution in [3.05, 3.63) is 0 Å². The van der Waals surface area contributed by atoms with Crippen LogP contribution in [0.5, 0.6) is 0 Å². The van der Waals surface area contributed by atoms with Crippen molar-refractivity contribution in [2.45, 2.75) is 25.9 Å². The molecule has 1 rings (SSSR count). The molecule has 1 fully saturated rings. The maximum Gasteiger partial charge on any atom is 0.0600 e. The van der Waals surface area contributed by atoms with E-state index in [1.807, 2.05) is 0 Å². The van der Waals surface area contributed by atoms with Crippen molar-refractivity contribution in [3.63, 3.8) is 0 Å². The van der Waals surface area contributed by atoms with Crippen molar-refractivity contribution in [2.75, 3.05) is 20.3 Å². The van der Waals surface area contributed by atoms with Gasteiger partial charge in [-0.25, -0.2) is 0 Å². The third kappa shape index (κ3) is 2.27. The fourth-order valence-electron chi connectivity index (χ4n) is 1.27. The molecular formula is C8H16O2. The first kappa shape index (κ1) is 8.02. The lowest BCUT2D eigenvalue weighted by Crippen LogP contribution is -2.29. The highest BCUT2D eigenvalue weighted by molar-refractivity contribution is 4.69. The van der Waals surface area contributed by atoms with Gasteiger partial charge in [0, 0.05) is 20.3 Å². The summed E-state index contributed by atoms with van der Waals surface area (Å²) in [5.41, 5.74) is 0. The summed E-state index contributed by atoms with van der Waals surface area (Å²) >= 11 is 0. The fraction of sp³-hybridized carbons (Fsp3) is 1.00. The Bertz CT molecular complexity index is 89.3. The average Bonchev–Trinajstić information content (AvgIpc) is 1.80. The highest BCUT2D eigenvalue weighted by atomic mass is 16.5. The van der Waals surface area contributed by atoms with E-state index in [0.717, 1.165) is 19.6 Å². The monoisotopic (exact) mass is 144 g/mol. The molecule has 0 radical (unpaired) electrons. The van der Waals surface area contributed by atoms with Crippen LogP contribution in [0.3, 0.4) is 0 Å². The molecule has 0 N–H and O–H groups in total. The Morgan fingerprint density at radius 1 is 1.70 bits per heavy atom. The summed E-state index contributed by atoms with van der Waals surface area (Å²) in [6.07, 6.45) is 2.94. The van der Waals surface area contributed by atoms with E-state index in [1.165, 1.54) is 6.42 Å². The van der Waals surface area contributed by atoms with Crippen molar-refractivity contribution < 1.29 is 9.47 Å². The van der Waals surface area contributed by atoms with Crippen molar-refractivity contribution >= 4 is 0 Å². The molecule has 0 spiro atoms. The Balaban J connectivity index is 1.99. The third-order valence-electron chi connectivity index (χ3n) is 1.91. The predicted octanol–water partition coefficient (Wildman–Crippen LogP) is 1.45. The predicted molar refractivity (Wildman–Crippen MR) is 40.0 cm³/mol. The Hall–Kier alpha value is -0.0800. The van der Waals surface area contributed by atoms with Gasteiger partial charge in [0.05, 0.1) is 6.10 Å². The van der Waals surface area contributed by atoms with Gasteiger partial charge in [-0.3, -0.25) is 0 Å². The van der Waals surface area contributed by atoms with Crippen LogP contribution >= 0.6 is 0 Å². The maximum absolute atomic E-state index is 5.29. The number of hydrogen-bond acceptors (Lipinski definition) is 2. The molecular weight excluding hydrogens is 128 g/mol. The van der Waals surface area contributed by atoms with E-state index in [4.69, 9.17) is 9.47 Å². The molecule has 2 atom stereocenters. The van der Waals surface area contributed by atoms with Gasteiger partial charge in [0.2, 0.25) is 0 Å². The Labute approximate surface area is 62.5 Å². The molecule has 0 aromatic carbocycles. The van der Waals surface area contributed by atoms with Crippen molar-refractivity contribution in [1.29, 1.82) is 0 Å². The zero-order valence-corrected chi connectivity index (χ0v) is 6.80. The normalized spacial score (nSPS) is 27.6. The zero-order valence-electron chi connectivity index (χ0n) is 6.80. The number of rotatable bonds is 4. The quantitative estimate of drug-likeness (QED) is 0.594. The van der Waals surface area contributed by atoms with Crippen LogP contribution in [0.1, 0.15) is 19.8 Å². The lowest BCUT2D eigenvalue weighted by molar-refractivity contribution is -0.0658. The van der Waals surface area contributed by atoms with Crippen molar-refractivity contribution in [2.24, 2.45) is 5.92 Å². The van der Waals surface area contributed by atoms with Crippen LogP contribution in [-0.4, -0.2) is 26.4 Å². The second-order valence-electron chi connectivity index (χ2n) is 3.08. The first-order valence-electron chi connectivity index (χ1n) is 3.93. The summed E-state index contributed by atoms with van der Waals surface area (Å²) < 4.78 is 10.3. The molecule has 0 saturated carbocycles. The first-order chi connectivity index (χ1) is 4.83. The minimum Gasteiger partial charge on any atom is -0.384 e. The van der Waals surface area contributed by atoms with E-state index in [9.17, 15) is 0 Å². The second-order valence-corrected chi connectivity index (χ2v) is 3.08. The lowest BCUT2D eigenvalue weighted by Gasteiger charge is -2.28. The standard InChI is InChI=1S/C8H16O2/c1-7(6-9-2)5-8-3-4-10-8/h7-8H,3-6H2,1-2H3. The summed E-state index contributed by atoms with van der Waals surface area (Å²) in [6, 6.07) is 0. The van der Waals surface area contributed by atoms with E-state index in [2.05, 4.69) is 6.92 Å². The van der Waals surface area contributed by atoms with Gasteiger partial charge >= 0.3 is 0 Å². The van der Waals surface area contributed by atoms with Crippen LogP contribution in [0.4, 0.5) is 0 Å². The zero-order chi connectivity index (χ0) is 7.40. The van der Waals surface area contributed by atoms with E-state index >= 15 is 0 Å². The van der Waals surface area contributed by atoms with Crippen LogP contribution in [0.15, 0.2) is 0 Å². The van der Waals surface area contributed by atoms with Crippen LogP contribution < -0.4 is 0 Å². The molecule has 60 valence electrons. The molecule has 0 aromatic rings. The van der Waals surface area contributed by atoms with Gasteiger partial charge in [-0.1, -0.05) is 6.92 Å². The molecule has 0 amide bonds. The summed E-state index contributed by atoms with van der Waals surface area (Å²) in [6.45, 7) is 4.02. The van der Waals surface area contributed by atoms with E-state index < -0.39 is 0 Å². The second kappa shape index (κ2) is 3.94. The molecule has 0 aromatic heterocycles. The molecule has 10 heavy (non-hydrogen) atoms. The SMILES string of the molecule is COCC(C)CC1CCO1. The van der Waals surface area contributed by atoms with Gasteiger partial charge in [0.15, 0.2) is 0 Å². The van der Waals surface area contributed by atoms with Gasteiger partial charge in [-0.05, 0) is 18.8 Å². The maximum atomic E-state index is 5.29. The number of ether oxygens (including phenoxy) is 2.